The highest BCUT2D eigenvalue weighted by Gasteiger charge is 2.20. The summed E-state index contributed by atoms with van der Waals surface area (Å²) in [5, 5.41) is 18.0. The standard InChI is InChI=1S/C23H18N4O6/c1-31-16-10-7-14(8-11-16)21-25-23(33-26-21)17-5-3-4-6-18(17)24-22(28)15-9-12-20(32-2)19(13-15)27(29)30/h3-13H,1-2H3,(H,24,28). The Hall–Kier alpha value is -4.73. The summed E-state index contributed by atoms with van der Waals surface area (Å²) in [6, 6.07) is 18.0. The van der Waals surface area contributed by atoms with Gasteiger partial charge in [-0.1, -0.05) is 17.3 Å². The Kier molecular flexibility index (Phi) is 5.98. The number of hydrogen-bond donors (Lipinski definition) is 1. The van der Waals surface area contributed by atoms with Crippen LogP contribution in [0, 0.1) is 10.1 Å². The van der Waals surface area contributed by atoms with Crippen LogP contribution in [0.3, 0.4) is 0 Å². The van der Waals surface area contributed by atoms with E-state index in [4.69, 9.17) is 14.0 Å². The molecule has 33 heavy (non-hydrogen) atoms. The Morgan fingerprint density at radius 2 is 1.79 bits per heavy atom. The van der Waals surface area contributed by atoms with Crippen molar-refractivity contribution in [2.75, 3.05) is 19.5 Å². The van der Waals surface area contributed by atoms with Crippen LogP contribution in [0.1, 0.15) is 10.4 Å². The van der Waals surface area contributed by atoms with Gasteiger partial charge in [-0.3, -0.25) is 14.9 Å². The summed E-state index contributed by atoms with van der Waals surface area (Å²) in [6.07, 6.45) is 0. The van der Waals surface area contributed by atoms with Gasteiger partial charge in [-0.15, -0.1) is 0 Å². The van der Waals surface area contributed by atoms with Gasteiger partial charge in [0.25, 0.3) is 11.8 Å². The lowest BCUT2D eigenvalue weighted by atomic mass is 10.1. The fourth-order valence-corrected chi connectivity index (χ4v) is 3.14. The molecule has 0 bridgehead atoms. The lowest BCUT2D eigenvalue weighted by Gasteiger charge is -2.09. The Morgan fingerprint density at radius 3 is 2.48 bits per heavy atom. The summed E-state index contributed by atoms with van der Waals surface area (Å²) < 4.78 is 15.6. The molecule has 10 heteroatoms. The van der Waals surface area contributed by atoms with E-state index in [2.05, 4.69) is 15.5 Å². The van der Waals surface area contributed by atoms with Crippen molar-refractivity contribution >= 4 is 17.3 Å². The van der Waals surface area contributed by atoms with Crippen molar-refractivity contribution in [3.05, 3.63) is 82.4 Å². The van der Waals surface area contributed by atoms with Crippen molar-refractivity contribution in [2.24, 2.45) is 0 Å². The number of para-hydroxylation sites is 1. The second kappa shape index (κ2) is 9.18. The van der Waals surface area contributed by atoms with Crippen LogP contribution in [0.2, 0.25) is 0 Å². The minimum Gasteiger partial charge on any atom is -0.497 e. The van der Waals surface area contributed by atoms with Crippen molar-refractivity contribution in [1.82, 2.24) is 10.1 Å². The molecule has 0 saturated carbocycles. The number of methoxy groups -OCH3 is 2. The van der Waals surface area contributed by atoms with E-state index in [1.807, 2.05) is 0 Å². The Morgan fingerprint density at radius 1 is 1.03 bits per heavy atom. The summed E-state index contributed by atoms with van der Waals surface area (Å²) in [5.74, 6) is 0.809. The number of aromatic nitrogens is 2. The molecule has 0 spiro atoms. The lowest BCUT2D eigenvalue weighted by molar-refractivity contribution is -0.385. The van der Waals surface area contributed by atoms with Gasteiger partial charge in [-0.05, 0) is 48.5 Å². The normalized spacial score (nSPS) is 10.5. The molecule has 0 saturated heterocycles. The van der Waals surface area contributed by atoms with Gasteiger partial charge in [0.2, 0.25) is 5.82 Å². The first-order valence-electron chi connectivity index (χ1n) is 9.71. The number of nitro benzene ring substituents is 1. The maximum atomic E-state index is 12.8. The molecule has 166 valence electrons. The third kappa shape index (κ3) is 4.49. The SMILES string of the molecule is COc1ccc(-c2noc(-c3ccccc3NC(=O)c3ccc(OC)c([N+](=O)[O-])c3)n2)cc1. The van der Waals surface area contributed by atoms with Gasteiger partial charge < -0.3 is 19.3 Å². The second-order valence-corrected chi connectivity index (χ2v) is 6.80. The summed E-state index contributed by atoms with van der Waals surface area (Å²) in [6.45, 7) is 0. The van der Waals surface area contributed by atoms with Gasteiger partial charge in [0, 0.05) is 17.2 Å². The average Bonchev–Trinajstić information content (AvgIpc) is 3.34. The van der Waals surface area contributed by atoms with E-state index in [0.717, 1.165) is 11.6 Å². The van der Waals surface area contributed by atoms with Gasteiger partial charge >= 0.3 is 5.69 Å². The van der Waals surface area contributed by atoms with Gasteiger partial charge in [0.1, 0.15) is 5.75 Å². The van der Waals surface area contributed by atoms with E-state index in [9.17, 15) is 14.9 Å². The summed E-state index contributed by atoms with van der Waals surface area (Å²) in [7, 11) is 2.90. The molecule has 0 aliphatic carbocycles. The molecule has 1 amide bonds. The quantitative estimate of drug-likeness (QED) is 0.322. The highest BCUT2D eigenvalue weighted by molar-refractivity contribution is 6.06. The number of benzene rings is 3. The van der Waals surface area contributed by atoms with Crippen molar-refractivity contribution in [3.63, 3.8) is 0 Å². The topological polar surface area (TPSA) is 130 Å². The number of anilines is 1. The Bertz CT molecular complexity index is 1320. The minimum atomic E-state index is -0.608. The first kappa shape index (κ1) is 21.5. The van der Waals surface area contributed by atoms with Gasteiger partial charge in [0.15, 0.2) is 5.75 Å². The van der Waals surface area contributed by atoms with Crippen LogP contribution in [-0.4, -0.2) is 35.2 Å². The van der Waals surface area contributed by atoms with Crippen molar-refractivity contribution in [2.45, 2.75) is 0 Å². The molecular weight excluding hydrogens is 428 g/mol. The van der Waals surface area contributed by atoms with E-state index in [-0.39, 0.29) is 22.9 Å². The number of nitrogens with zero attached hydrogens (tertiary/aromatic N) is 3. The molecular formula is C23H18N4O6. The van der Waals surface area contributed by atoms with Gasteiger partial charge in [-0.25, -0.2) is 0 Å². The van der Waals surface area contributed by atoms with Crippen LogP contribution < -0.4 is 14.8 Å². The summed E-state index contributed by atoms with van der Waals surface area (Å²) in [5.41, 5.74) is 1.44. The molecule has 0 fully saturated rings. The monoisotopic (exact) mass is 446 g/mol. The molecule has 10 nitrogen and oxygen atoms in total. The third-order valence-corrected chi connectivity index (χ3v) is 4.82. The fraction of sp³-hybridized carbons (Fsp3) is 0.0870. The molecule has 1 N–H and O–H groups in total. The number of carbonyl (C=O) groups excluding carboxylic acids is 1. The number of rotatable bonds is 7. The van der Waals surface area contributed by atoms with Crippen LogP contribution in [-0.2, 0) is 0 Å². The van der Waals surface area contributed by atoms with E-state index in [1.54, 1.807) is 55.6 Å². The number of carbonyl (C=O) groups is 1. The minimum absolute atomic E-state index is 0.0638. The fourth-order valence-electron chi connectivity index (χ4n) is 3.14. The predicted molar refractivity (Wildman–Crippen MR) is 119 cm³/mol. The summed E-state index contributed by atoms with van der Waals surface area (Å²) in [4.78, 5) is 27.9. The molecule has 4 rings (SSSR count). The Labute approximate surface area is 187 Å². The molecule has 0 radical (unpaired) electrons. The molecule has 1 aromatic heterocycles. The number of nitro groups is 1. The smallest absolute Gasteiger partial charge is 0.311 e. The lowest BCUT2D eigenvalue weighted by Crippen LogP contribution is -2.13. The van der Waals surface area contributed by atoms with E-state index in [1.165, 1.54) is 19.2 Å². The van der Waals surface area contributed by atoms with Crippen LogP contribution >= 0.6 is 0 Å². The van der Waals surface area contributed by atoms with E-state index in [0.29, 0.717) is 22.8 Å². The zero-order valence-corrected chi connectivity index (χ0v) is 17.6. The van der Waals surface area contributed by atoms with Crippen molar-refractivity contribution in [3.8, 4) is 34.3 Å². The number of ether oxygens (including phenoxy) is 2. The third-order valence-electron chi connectivity index (χ3n) is 4.82. The molecule has 3 aromatic carbocycles. The predicted octanol–water partition coefficient (Wildman–Crippen LogP) is 4.58. The Balaban J connectivity index is 1.61. The van der Waals surface area contributed by atoms with Crippen LogP contribution in [0.4, 0.5) is 11.4 Å². The van der Waals surface area contributed by atoms with Gasteiger partial charge in [0.05, 0.1) is 30.4 Å². The maximum Gasteiger partial charge on any atom is 0.311 e. The first-order valence-corrected chi connectivity index (χ1v) is 9.71. The maximum absolute atomic E-state index is 12.8. The highest BCUT2D eigenvalue weighted by atomic mass is 16.6. The first-order chi connectivity index (χ1) is 16.0. The molecule has 1 heterocycles. The number of amides is 1. The second-order valence-electron chi connectivity index (χ2n) is 6.80. The number of nitrogens with one attached hydrogen (secondary N) is 1. The van der Waals surface area contributed by atoms with Crippen LogP contribution in [0.15, 0.2) is 71.3 Å². The number of hydrogen-bond acceptors (Lipinski definition) is 8. The highest BCUT2D eigenvalue weighted by Crippen LogP contribution is 2.31. The zero-order chi connectivity index (χ0) is 23.4. The average molecular weight is 446 g/mol. The van der Waals surface area contributed by atoms with Crippen LogP contribution in [0.5, 0.6) is 11.5 Å². The largest absolute Gasteiger partial charge is 0.497 e. The summed E-state index contributed by atoms with van der Waals surface area (Å²) >= 11 is 0. The van der Waals surface area contributed by atoms with Gasteiger partial charge in [-0.2, -0.15) is 4.98 Å². The van der Waals surface area contributed by atoms with E-state index < -0.39 is 10.8 Å². The zero-order valence-electron chi connectivity index (χ0n) is 17.6. The molecule has 0 aliphatic rings. The van der Waals surface area contributed by atoms with Crippen LogP contribution in [0.25, 0.3) is 22.8 Å². The molecule has 0 unspecified atom stereocenters. The molecule has 0 atom stereocenters. The molecule has 4 aromatic rings. The van der Waals surface area contributed by atoms with Crippen molar-refractivity contribution < 1.29 is 23.7 Å². The van der Waals surface area contributed by atoms with Crippen molar-refractivity contribution in [1.29, 1.82) is 0 Å². The van der Waals surface area contributed by atoms with E-state index >= 15 is 0 Å². The molecule has 0 aliphatic heterocycles.